The zero-order valence-corrected chi connectivity index (χ0v) is 23.4. The average Bonchev–Trinajstić information content (AvgIpc) is 3.46. The van der Waals surface area contributed by atoms with Gasteiger partial charge in [-0.1, -0.05) is 51.5 Å². The van der Waals surface area contributed by atoms with Crippen molar-refractivity contribution in [2.45, 2.75) is 83.7 Å². The van der Waals surface area contributed by atoms with Crippen LogP contribution in [0.4, 0.5) is 4.39 Å². The number of carbonyl (C=O) groups is 1. The van der Waals surface area contributed by atoms with Gasteiger partial charge in [-0.05, 0) is 83.4 Å². The molecule has 1 fully saturated rings. The van der Waals surface area contributed by atoms with Crippen molar-refractivity contribution < 1.29 is 23.8 Å². The molecule has 1 N–H and O–H groups in total. The van der Waals surface area contributed by atoms with Crippen molar-refractivity contribution in [1.82, 2.24) is 4.98 Å². The lowest BCUT2D eigenvalue weighted by molar-refractivity contribution is -0.138. The summed E-state index contributed by atoms with van der Waals surface area (Å²) in [6, 6.07) is 14.0. The van der Waals surface area contributed by atoms with E-state index < -0.39 is 5.97 Å². The van der Waals surface area contributed by atoms with E-state index >= 15 is 4.39 Å². The van der Waals surface area contributed by atoms with Gasteiger partial charge in [-0.25, -0.2) is 9.37 Å². The second-order valence-electron chi connectivity index (χ2n) is 11.9. The van der Waals surface area contributed by atoms with Gasteiger partial charge in [-0.2, -0.15) is 0 Å². The quantitative estimate of drug-likeness (QED) is 0.305. The highest BCUT2D eigenvalue weighted by Crippen LogP contribution is 2.51. The molecule has 6 heteroatoms. The van der Waals surface area contributed by atoms with Crippen LogP contribution in [0.5, 0.6) is 11.6 Å². The van der Waals surface area contributed by atoms with Crippen molar-refractivity contribution >= 4 is 5.97 Å². The minimum absolute atomic E-state index is 0.107. The van der Waals surface area contributed by atoms with Crippen LogP contribution < -0.4 is 9.47 Å². The molecule has 1 aromatic heterocycles. The number of methoxy groups -OCH3 is 1. The standard InChI is InChI=1S/C33H38FNO4/c1-5-33(18-31(36)37)14-12-22-9-10-23(16-28(22)33)39-20-21-8-11-24(26-17-30(38-4)35-19-29(26)34)25(15-21)27-7-6-13-32(27,2)3/h8-11,15-17,19,27H,5-7,12-14,18,20H2,1-4H3,(H,36,37)/t27-,33-/m1/s1. The first kappa shape index (κ1) is 27.2. The molecule has 2 aliphatic carbocycles. The molecule has 0 unspecified atom stereocenters. The topological polar surface area (TPSA) is 68.7 Å². The van der Waals surface area contributed by atoms with Crippen molar-refractivity contribution in [3.05, 3.63) is 76.7 Å². The molecule has 0 saturated heterocycles. The van der Waals surface area contributed by atoms with Crippen molar-refractivity contribution in [3.63, 3.8) is 0 Å². The Labute approximate surface area is 230 Å². The lowest BCUT2D eigenvalue weighted by atomic mass is 9.75. The maximum absolute atomic E-state index is 15.0. The summed E-state index contributed by atoms with van der Waals surface area (Å²) in [5, 5.41) is 9.56. The number of halogens is 1. The molecule has 2 aromatic carbocycles. The van der Waals surface area contributed by atoms with Crippen LogP contribution in [0.15, 0.2) is 48.7 Å². The molecule has 3 aromatic rings. The van der Waals surface area contributed by atoms with E-state index in [1.165, 1.54) is 18.9 Å². The van der Waals surface area contributed by atoms with Crippen LogP contribution in [0.1, 0.15) is 87.5 Å². The van der Waals surface area contributed by atoms with Gasteiger partial charge in [0, 0.05) is 17.0 Å². The summed E-state index contributed by atoms with van der Waals surface area (Å²) >= 11 is 0. The van der Waals surface area contributed by atoms with Crippen LogP contribution in [-0.2, 0) is 23.2 Å². The Morgan fingerprint density at radius 3 is 2.64 bits per heavy atom. The lowest BCUT2D eigenvalue weighted by Crippen LogP contribution is -2.25. The van der Waals surface area contributed by atoms with E-state index in [9.17, 15) is 9.90 Å². The molecule has 1 heterocycles. The Bertz CT molecular complexity index is 1380. The predicted molar refractivity (Wildman–Crippen MR) is 150 cm³/mol. The molecule has 0 bridgehead atoms. The number of pyridine rings is 1. The zero-order valence-electron chi connectivity index (χ0n) is 23.4. The molecule has 2 atom stereocenters. The van der Waals surface area contributed by atoms with E-state index in [0.29, 0.717) is 24.0 Å². The van der Waals surface area contributed by atoms with Gasteiger partial charge in [0.25, 0.3) is 0 Å². The number of carboxylic acids is 1. The number of hydrogen-bond donors (Lipinski definition) is 1. The Kier molecular flexibility index (Phi) is 7.41. The Morgan fingerprint density at radius 2 is 1.95 bits per heavy atom. The smallest absolute Gasteiger partial charge is 0.304 e. The summed E-state index contributed by atoms with van der Waals surface area (Å²) in [4.78, 5) is 15.7. The van der Waals surface area contributed by atoms with Crippen molar-refractivity contribution in [2.75, 3.05) is 7.11 Å². The third-order valence-corrected chi connectivity index (χ3v) is 9.18. The predicted octanol–water partition coefficient (Wildman–Crippen LogP) is 7.84. The van der Waals surface area contributed by atoms with E-state index in [0.717, 1.165) is 66.5 Å². The number of nitrogens with zero attached hydrogens (tertiary/aromatic N) is 1. The summed E-state index contributed by atoms with van der Waals surface area (Å²) in [6.07, 6.45) is 7.23. The van der Waals surface area contributed by atoms with Gasteiger partial charge >= 0.3 is 5.97 Å². The van der Waals surface area contributed by atoms with E-state index in [-0.39, 0.29) is 23.1 Å². The molecular weight excluding hydrogens is 493 g/mol. The Hall–Kier alpha value is -3.41. The highest BCUT2D eigenvalue weighted by molar-refractivity contribution is 5.71. The molecule has 1 saturated carbocycles. The molecule has 0 radical (unpaired) electrons. The molecular formula is C33H38FNO4. The highest BCUT2D eigenvalue weighted by atomic mass is 19.1. The van der Waals surface area contributed by atoms with E-state index in [2.05, 4.69) is 37.9 Å². The molecule has 39 heavy (non-hydrogen) atoms. The van der Waals surface area contributed by atoms with Crippen LogP contribution in [0.3, 0.4) is 0 Å². The fourth-order valence-corrected chi connectivity index (χ4v) is 6.87. The molecule has 206 valence electrons. The number of fused-ring (bicyclic) bond motifs is 1. The molecule has 5 nitrogen and oxygen atoms in total. The van der Waals surface area contributed by atoms with E-state index in [4.69, 9.17) is 9.47 Å². The first-order chi connectivity index (χ1) is 18.7. The number of aliphatic carboxylic acids is 1. The molecule has 0 spiro atoms. The van der Waals surface area contributed by atoms with Crippen LogP contribution in [0.25, 0.3) is 11.1 Å². The van der Waals surface area contributed by atoms with Crippen LogP contribution in [-0.4, -0.2) is 23.2 Å². The minimum atomic E-state index is -0.762. The monoisotopic (exact) mass is 531 g/mol. The summed E-state index contributed by atoms with van der Waals surface area (Å²) in [5.41, 5.74) is 5.62. The van der Waals surface area contributed by atoms with Crippen LogP contribution >= 0.6 is 0 Å². The molecule has 0 amide bonds. The fraction of sp³-hybridized carbons (Fsp3) is 0.455. The normalized spacial score (nSPS) is 21.5. The highest BCUT2D eigenvalue weighted by Gasteiger charge is 2.39. The average molecular weight is 532 g/mol. The SMILES string of the molecule is CC[C@]1(CC(=O)O)CCc2ccc(OCc3ccc(-c4cc(OC)ncc4F)c([C@H]4CCCC4(C)C)c3)cc21. The maximum Gasteiger partial charge on any atom is 0.304 e. The van der Waals surface area contributed by atoms with Gasteiger partial charge in [0.05, 0.1) is 19.7 Å². The van der Waals surface area contributed by atoms with E-state index in [1.807, 2.05) is 24.3 Å². The van der Waals surface area contributed by atoms with Crippen molar-refractivity contribution in [1.29, 1.82) is 0 Å². The van der Waals surface area contributed by atoms with Gasteiger partial charge in [0.1, 0.15) is 18.2 Å². The number of hydrogen-bond acceptors (Lipinski definition) is 4. The van der Waals surface area contributed by atoms with Gasteiger partial charge < -0.3 is 14.6 Å². The number of aryl methyl sites for hydroxylation is 1. The van der Waals surface area contributed by atoms with E-state index in [1.54, 1.807) is 6.07 Å². The van der Waals surface area contributed by atoms with Crippen LogP contribution in [0, 0.1) is 11.2 Å². The van der Waals surface area contributed by atoms with Crippen molar-refractivity contribution in [3.8, 4) is 22.8 Å². The van der Waals surface area contributed by atoms with Gasteiger partial charge in [-0.15, -0.1) is 0 Å². The van der Waals surface area contributed by atoms with Gasteiger partial charge in [-0.3, -0.25) is 4.79 Å². The third-order valence-electron chi connectivity index (χ3n) is 9.18. The number of aromatic nitrogens is 1. The number of ether oxygens (including phenoxy) is 2. The molecule has 2 aliphatic rings. The summed E-state index contributed by atoms with van der Waals surface area (Å²) < 4.78 is 26.6. The molecule has 0 aliphatic heterocycles. The number of benzene rings is 2. The number of carboxylic acid groups (broad SMARTS) is 1. The summed E-state index contributed by atoms with van der Waals surface area (Å²) in [6.45, 7) is 7.03. The van der Waals surface area contributed by atoms with Crippen molar-refractivity contribution in [2.24, 2.45) is 5.41 Å². The largest absolute Gasteiger partial charge is 0.489 e. The Balaban J connectivity index is 1.46. The minimum Gasteiger partial charge on any atom is -0.489 e. The second-order valence-corrected chi connectivity index (χ2v) is 11.9. The third kappa shape index (κ3) is 5.26. The fourth-order valence-electron chi connectivity index (χ4n) is 6.87. The molecule has 5 rings (SSSR count). The van der Waals surface area contributed by atoms with Gasteiger partial charge in [0.2, 0.25) is 5.88 Å². The first-order valence-electron chi connectivity index (χ1n) is 14.0. The van der Waals surface area contributed by atoms with Crippen LogP contribution in [0.2, 0.25) is 0 Å². The van der Waals surface area contributed by atoms with Gasteiger partial charge in [0.15, 0.2) is 0 Å². The lowest BCUT2D eigenvalue weighted by Gasteiger charge is -2.30. The second kappa shape index (κ2) is 10.6. The summed E-state index contributed by atoms with van der Waals surface area (Å²) in [5.74, 6) is 0.304. The number of rotatable bonds is 9. The zero-order chi connectivity index (χ0) is 27.8. The summed E-state index contributed by atoms with van der Waals surface area (Å²) in [7, 11) is 1.54. The first-order valence-corrected chi connectivity index (χ1v) is 14.0. The maximum atomic E-state index is 15.0. The Morgan fingerprint density at radius 1 is 1.13 bits per heavy atom.